The number of esters is 1. The monoisotopic (exact) mass is 685 g/mol. The SMILES string of the molecule is CCCCCN1C/C=C\CCC(=O)N[C@H](C)[C@@H](c2ccccc2)OC(=O)[C@@H]2[C@H]3O[C@@]4(C=C3Br)[C@H](C1=O)N([C@@H](CC)CO)C(=O)[C@@H]24. The molecular formula is C34H44BrN3O7. The van der Waals surface area contributed by atoms with E-state index in [0.29, 0.717) is 36.0 Å². The van der Waals surface area contributed by atoms with Crippen molar-refractivity contribution in [2.45, 2.75) is 95.2 Å². The molecule has 1 spiro atoms. The predicted molar refractivity (Wildman–Crippen MR) is 171 cm³/mol. The van der Waals surface area contributed by atoms with E-state index in [1.165, 1.54) is 4.90 Å². The van der Waals surface area contributed by atoms with E-state index in [1.807, 2.05) is 49.4 Å². The Kier molecular flexibility index (Phi) is 10.5. The fourth-order valence-corrected chi connectivity index (χ4v) is 8.01. The molecule has 244 valence electrons. The minimum absolute atomic E-state index is 0.184. The molecule has 3 amide bonds. The summed E-state index contributed by atoms with van der Waals surface area (Å²) in [6.07, 6.45) is 7.73. The van der Waals surface area contributed by atoms with Crippen molar-refractivity contribution in [2.75, 3.05) is 19.7 Å². The van der Waals surface area contributed by atoms with Gasteiger partial charge in [-0.2, -0.15) is 0 Å². The fourth-order valence-electron chi connectivity index (χ4n) is 7.27. The summed E-state index contributed by atoms with van der Waals surface area (Å²) < 4.78 is 13.4. The van der Waals surface area contributed by atoms with E-state index in [0.717, 1.165) is 19.3 Å². The molecule has 45 heavy (non-hydrogen) atoms. The average Bonchev–Trinajstić information content (AvgIpc) is 3.62. The van der Waals surface area contributed by atoms with Crippen molar-refractivity contribution in [3.63, 3.8) is 0 Å². The van der Waals surface area contributed by atoms with Gasteiger partial charge >= 0.3 is 5.97 Å². The number of carbonyl (C=O) groups excluding carboxylic acids is 4. The number of fused-ring (bicyclic) bond motifs is 2. The Hall–Kier alpha value is -3.02. The van der Waals surface area contributed by atoms with Gasteiger partial charge in [0.15, 0.2) is 0 Å². The first-order chi connectivity index (χ1) is 21.7. The van der Waals surface area contributed by atoms with E-state index in [2.05, 4.69) is 28.2 Å². The number of amides is 3. The zero-order valence-electron chi connectivity index (χ0n) is 26.2. The van der Waals surface area contributed by atoms with Gasteiger partial charge in [-0.15, -0.1) is 0 Å². The zero-order valence-corrected chi connectivity index (χ0v) is 27.8. The van der Waals surface area contributed by atoms with Crippen LogP contribution in [0.25, 0.3) is 0 Å². The lowest BCUT2D eigenvalue weighted by Crippen LogP contribution is -2.58. The quantitative estimate of drug-likeness (QED) is 0.242. The molecule has 0 aliphatic carbocycles. The Morgan fingerprint density at radius 2 is 1.82 bits per heavy atom. The molecule has 2 N–H and O–H groups in total. The van der Waals surface area contributed by atoms with Crippen molar-refractivity contribution < 1.29 is 33.8 Å². The fraction of sp³-hybridized carbons (Fsp3) is 0.588. The normalized spacial score (nSPS) is 33.5. The molecule has 5 bridgehead atoms. The number of unbranched alkanes of at least 4 members (excludes halogenated alkanes) is 2. The first kappa shape index (κ1) is 33.3. The van der Waals surface area contributed by atoms with Gasteiger partial charge in [0, 0.05) is 24.0 Å². The highest BCUT2D eigenvalue weighted by atomic mass is 79.9. The molecule has 0 unspecified atom stereocenters. The van der Waals surface area contributed by atoms with Gasteiger partial charge < -0.3 is 29.7 Å². The Morgan fingerprint density at radius 1 is 1.07 bits per heavy atom. The highest BCUT2D eigenvalue weighted by Gasteiger charge is 2.75. The first-order valence-electron chi connectivity index (χ1n) is 16.2. The summed E-state index contributed by atoms with van der Waals surface area (Å²) in [4.78, 5) is 59.5. The average molecular weight is 687 g/mol. The first-order valence-corrected chi connectivity index (χ1v) is 16.9. The van der Waals surface area contributed by atoms with Crippen LogP contribution in [0.5, 0.6) is 0 Å². The summed E-state index contributed by atoms with van der Waals surface area (Å²) in [5.41, 5.74) is -0.710. The number of allylic oxidation sites excluding steroid dienone is 1. The number of nitrogens with one attached hydrogen (secondary N) is 1. The number of rotatable bonds is 8. The highest BCUT2D eigenvalue weighted by Crippen LogP contribution is 2.59. The third-order valence-corrected chi connectivity index (χ3v) is 10.2. The number of likely N-dealkylation sites (tertiary alicyclic amines) is 1. The van der Waals surface area contributed by atoms with Crippen LogP contribution in [0.3, 0.4) is 0 Å². The number of nitrogens with zero attached hydrogens (tertiary/aromatic N) is 2. The van der Waals surface area contributed by atoms with Crippen LogP contribution >= 0.6 is 15.9 Å². The zero-order chi connectivity index (χ0) is 32.3. The van der Waals surface area contributed by atoms with E-state index < -0.39 is 59.6 Å². The molecule has 4 heterocycles. The third-order valence-electron chi connectivity index (χ3n) is 9.53. The molecule has 2 fully saturated rings. The predicted octanol–water partition coefficient (Wildman–Crippen LogP) is 3.79. The largest absolute Gasteiger partial charge is 0.455 e. The number of hydrogen-bond acceptors (Lipinski definition) is 7. The summed E-state index contributed by atoms with van der Waals surface area (Å²) in [5, 5.41) is 13.4. The van der Waals surface area contributed by atoms with Gasteiger partial charge in [0.05, 0.1) is 24.6 Å². The summed E-state index contributed by atoms with van der Waals surface area (Å²) in [6.45, 7) is 6.18. The standard InChI is InChI=1S/C34H44BrN3O7/c1-4-6-12-17-37-18-13-8-11-16-25(40)36-21(3)28(22-14-9-7-10-15-22)44-33(43)26-27-31(41)38(23(5-2)20-39)30(32(37)42)34(27)19-24(35)29(26)45-34/h7-10,13-15,19,21,23,26-30,39H,4-6,11-12,16-18,20H2,1-3H3,(H,36,40)/b13-8-/t21-,23+,26+,27-,28+,29+,30+,34-/m1/s1. The van der Waals surface area contributed by atoms with Gasteiger partial charge in [0.1, 0.15) is 29.8 Å². The van der Waals surface area contributed by atoms with E-state index in [9.17, 15) is 24.3 Å². The number of ether oxygens (including phenoxy) is 2. The molecule has 10 nitrogen and oxygen atoms in total. The Balaban J connectivity index is 1.61. The van der Waals surface area contributed by atoms with Gasteiger partial charge in [-0.1, -0.05) is 85.1 Å². The second kappa shape index (κ2) is 14.2. The molecule has 4 aliphatic rings. The number of benzene rings is 1. The Bertz CT molecular complexity index is 1330. The summed E-state index contributed by atoms with van der Waals surface area (Å²) in [7, 11) is 0. The van der Waals surface area contributed by atoms with Crippen LogP contribution in [0.4, 0.5) is 0 Å². The maximum Gasteiger partial charge on any atom is 0.313 e. The smallest absolute Gasteiger partial charge is 0.313 e. The van der Waals surface area contributed by atoms with Crippen LogP contribution in [-0.4, -0.2) is 88.1 Å². The molecule has 1 aromatic rings. The lowest BCUT2D eigenvalue weighted by molar-refractivity contribution is -0.162. The van der Waals surface area contributed by atoms with Gasteiger partial charge in [0.25, 0.3) is 0 Å². The number of hydrogen-bond donors (Lipinski definition) is 2. The second-order valence-electron chi connectivity index (χ2n) is 12.4. The molecule has 4 aliphatic heterocycles. The molecule has 8 atom stereocenters. The van der Waals surface area contributed by atoms with Crippen LogP contribution in [0.1, 0.15) is 71.0 Å². The number of cyclic esters (lactones) is 1. The van der Waals surface area contributed by atoms with Gasteiger partial charge in [0.2, 0.25) is 17.7 Å². The van der Waals surface area contributed by atoms with Crippen molar-refractivity contribution in [1.29, 1.82) is 0 Å². The van der Waals surface area contributed by atoms with Crippen LogP contribution in [0.2, 0.25) is 0 Å². The topological polar surface area (TPSA) is 125 Å². The highest BCUT2D eigenvalue weighted by molar-refractivity contribution is 9.11. The molecule has 11 heteroatoms. The van der Waals surface area contributed by atoms with Crippen LogP contribution < -0.4 is 5.32 Å². The van der Waals surface area contributed by atoms with E-state index in [1.54, 1.807) is 17.9 Å². The third kappa shape index (κ3) is 6.23. The molecule has 0 saturated carbocycles. The van der Waals surface area contributed by atoms with Crippen molar-refractivity contribution >= 4 is 39.6 Å². The molecule has 0 aromatic heterocycles. The van der Waals surface area contributed by atoms with Gasteiger partial charge in [-0.25, -0.2) is 0 Å². The van der Waals surface area contributed by atoms with E-state index in [4.69, 9.17) is 9.47 Å². The van der Waals surface area contributed by atoms with Crippen LogP contribution in [0, 0.1) is 11.8 Å². The minimum atomic E-state index is -1.41. The second-order valence-corrected chi connectivity index (χ2v) is 13.4. The number of aliphatic hydroxyl groups is 1. The summed E-state index contributed by atoms with van der Waals surface area (Å²) in [6, 6.07) is 6.92. The molecule has 2 saturated heterocycles. The van der Waals surface area contributed by atoms with Crippen LogP contribution in [0.15, 0.2) is 53.0 Å². The molecular weight excluding hydrogens is 642 g/mol. The van der Waals surface area contributed by atoms with Gasteiger partial charge in [-0.05, 0) is 37.8 Å². The van der Waals surface area contributed by atoms with Crippen molar-refractivity contribution in [2.24, 2.45) is 11.8 Å². The maximum absolute atomic E-state index is 14.6. The molecule has 0 radical (unpaired) electrons. The van der Waals surface area contributed by atoms with Crippen molar-refractivity contribution in [3.05, 3.63) is 58.6 Å². The Labute approximate surface area is 273 Å². The maximum atomic E-state index is 14.6. The lowest BCUT2D eigenvalue weighted by Gasteiger charge is -2.38. The summed E-state index contributed by atoms with van der Waals surface area (Å²) >= 11 is 3.59. The molecule has 5 rings (SSSR count). The number of aliphatic hydroxyl groups excluding tert-OH is 1. The van der Waals surface area contributed by atoms with E-state index >= 15 is 0 Å². The van der Waals surface area contributed by atoms with Gasteiger partial charge in [-0.3, -0.25) is 19.2 Å². The van der Waals surface area contributed by atoms with Crippen molar-refractivity contribution in [3.8, 4) is 0 Å². The van der Waals surface area contributed by atoms with Crippen molar-refractivity contribution in [1.82, 2.24) is 15.1 Å². The summed E-state index contributed by atoms with van der Waals surface area (Å²) in [5.74, 6) is -3.57. The number of halogens is 1. The van der Waals surface area contributed by atoms with Crippen LogP contribution in [-0.2, 0) is 28.7 Å². The minimum Gasteiger partial charge on any atom is -0.455 e. The Morgan fingerprint density at radius 3 is 2.51 bits per heavy atom. The number of carbonyl (C=O) groups is 4. The molecule has 1 aromatic carbocycles. The van der Waals surface area contributed by atoms with E-state index in [-0.39, 0.29) is 24.8 Å². The lowest BCUT2D eigenvalue weighted by atomic mass is 9.74.